The summed E-state index contributed by atoms with van der Waals surface area (Å²) in [5.74, 6) is 0. The number of nitrogens with two attached hydrogens (primary N) is 2. The minimum atomic E-state index is -0.174. The largest absolute Gasteiger partial charge is 0.322 e. The molecular formula is C16H20N2. The van der Waals surface area contributed by atoms with E-state index in [0.717, 1.165) is 11.1 Å². The molecular weight excluding hydrogens is 220 g/mol. The highest BCUT2D eigenvalue weighted by atomic mass is 14.8. The van der Waals surface area contributed by atoms with Gasteiger partial charge in [-0.15, -0.1) is 0 Å². The maximum absolute atomic E-state index is 6.26. The number of hydrogen-bond donors (Lipinski definition) is 2. The summed E-state index contributed by atoms with van der Waals surface area (Å²) in [4.78, 5) is 0. The lowest BCUT2D eigenvalue weighted by molar-refractivity contribution is 0.574. The Morgan fingerprint density at radius 1 is 0.722 bits per heavy atom. The summed E-state index contributed by atoms with van der Waals surface area (Å²) in [5.41, 5.74) is 17.1. The summed E-state index contributed by atoms with van der Waals surface area (Å²) in [6, 6.07) is 16.1. The van der Waals surface area contributed by atoms with Gasteiger partial charge < -0.3 is 11.5 Å². The Kier molecular flexibility index (Phi) is 3.80. The van der Waals surface area contributed by atoms with Crippen LogP contribution >= 0.6 is 0 Å². The summed E-state index contributed by atoms with van der Waals surface area (Å²) in [6.45, 7) is 4.13. The molecule has 0 aliphatic heterocycles. The van der Waals surface area contributed by atoms with Crippen molar-refractivity contribution in [1.29, 1.82) is 0 Å². The van der Waals surface area contributed by atoms with Crippen molar-refractivity contribution in [3.05, 3.63) is 70.8 Å². The fourth-order valence-electron chi connectivity index (χ4n) is 2.17. The van der Waals surface area contributed by atoms with E-state index < -0.39 is 0 Å². The van der Waals surface area contributed by atoms with Crippen LogP contribution in [0.5, 0.6) is 0 Å². The van der Waals surface area contributed by atoms with Crippen LogP contribution in [0.4, 0.5) is 0 Å². The first-order valence-corrected chi connectivity index (χ1v) is 6.22. The van der Waals surface area contributed by atoms with E-state index in [-0.39, 0.29) is 12.1 Å². The molecule has 0 aliphatic carbocycles. The van der Waals surface area contributed by atoms with Gasteiger partial charge in [0.15, 0.2) is 0 Å². The molecule has 4 N–H and O–H groups in total. The zero-order valence-electron chi connectivity index (χ0n) is 10.9. The lowest BCUT2D eigenvalue weighted by atomic mass is 9.93. The number of hydrogen-bond acceptors (Lipinski definition) is 2. The molecule has 0 aromatic heterocycles. The summed E-state index contributed by atoms with van der Waals surface area (Å²) in [7, 11) is 0. The molecule has 94 valence electrons. The average molecular weight is 240 g/mol. The van der Waals surface area contributed by atoms with Crippen molar-refractivity contribution >= 4 is 0 Å². The van der Waals surface area contributed by atoms with Crippen molar-refractivity contribution in [2.75, 3.05) is 0 Å². The van der Waals surface area contributed by atoms with E-state index in [2.05, 4.69) is 38.1 Å². The monoisotopic (exact) mass is 240 g/mol. The van der Waals surface area contributed by atoms with Crippen molar-refractivity contribution in [1.82, 2.24) is 0 Å². The molecule has 2 nitrogen and oxygen atoms in total. The average Bonchev–Trinajstić information content (AvgIpc) is 2.37. The van der Waals surface area contributed by atoms with Gasteiger partial charge in [0.05, 0.1) is 0 Å². The topological polar surface area (TPSA) is 52.0 Å². The van der Waals surface area contributed by atoms with Crippen LogP contribution in [-0.2, 0) is 0 Å². The fourth-order valence-corrected chi connectivity index (χ4v) is 2.17. The van der Waals surface area contributed by atoms with E-state index >= 15 is 0 Å². The standard InChI is InChI=1S/C16H20N2/c1-11-5-3-7-13(9-11)15(17)16(18)14-8-4-6-12(2)10-14/h3-10,15-16H,17-18H2,1-2H3/t15-,16-/m1/s1. The number of benzene rings is 2. The van der Waals surface area contributed by atoms with Crippen molar-refractivity contribution in [3.63, 3.8) is 0 Å². The van der Waals surface area contributed by atoms with Gasteiger partial charge in [-0.25, -0.2) is 0 Å². The van der Waals surface area contributed by atoms with Gasteiger partial charge in [-0.2, -0.15) is 0 Å². The maximum Gasteiger partial charge on any atom is 0.0491 e. The SMILES string of the molecule is Cc1cccc([C@@H](N)[C@H](N)c2cccc(C)c2)c1. The van der Waals surface area contributed by atoms with Crippen molar-refractivity contribution in [2.45, 2.75) is 25.9 Å². The third kappa shape index (κ3) is 2.78. The highest BCUT2D eigenvalue weighted by molar-refractivity contribution is 5.31. The Bertz CT molecular complexity index is 485. The van der Waals surface area contributed by atoms with Crippen LogP contribution in [0.1, 0.15) is 34.3 Å². The second-order valence-corrected chi connectivity index (χ2v) is 4.88. The molecule has 0 bridgehead atoms. The molecule has 2 aromatic carbocycles. The first-order valence-electron chi connectivity index (χ1n) is 6.22. The molecule has 2 atom stereocenters. The molecule has 0 saturated heterocycles. The molecule has 0 saturated carbocycles. The molecule has 0 fully saturated rings. The molecule has 2 heteroatoms. The van der Waals surface area contributed by atoms with E-state index in [9.17, 15) is 0 Å². The first kappa shape index (κ1) is 12.8. The van der Waals surface area contributed by atoms with E-state index in [4.69, 9.17) is 11.5 Å². The normalized spacial score (nSPS) is 14.2. The van der Waals surface area contributed by atoms with Crippen molar-refractivity contribution in [2.24, 2.45) is 11.5 Å². The highest BCUT2D eigenvalue weighted by Crippen LogP contribution is 2.25. The fraction of sp³-hybridized carbons (Fsp3) is 0.250. The Morgan fingerprint density at radius 3 is 1.44 bits per heavy atom. The third-order valence-electron chi connectivity index (χ3n) is 3.24. The Labute approximate surface area is 109 Å². The molecule has 0 unspecified atom stereocenters. The zero-order chi connectivity index (χ0) is 13.1. The van der Waals surface area contributed by atoms with Crippen LogP contribution < -0.4 is 11.5 Å². The predicted octanol–water partition coefficient (Wildman–Crippen LogP) is 3.00. The van der Waals surface area contributed by atoms with Crippen molar-refractivity contribution in [3.8, 4) is 0 Å². The third-order valence-corrected chi connectivity index (χ3v) is 3.24. The molecule has 2 aromatic rings. The molecule has 0 spiro atoms. The molecule has 0 aliphatic rings. The van der Waals surface area contributed by atoms with E-state index in [1.165, 1.54) is 11.1 Å². The van der Waals surface area contributed by atoms with Crippen LogP contribution in [-0.4, -0.2) is 0 Å². The molecule has 0 heterocycles. The lowest BCUT2D eigenvalue weighted by Crippen LogP contribution is -2.26. The van der Waals surface area contributed by atoms with Crippen molar-refractivity contribution < 1.29 is 0 Å². The van der Waals surface area contributed by atoms with Gasteiger partial charge in [0.25, 0.3) is 0 Å². The van der Waals surface area contributed by atoms with Gasteiger partial charge in [0.2, 0.25) is 0 Å². The molecule has 2 rings (SSSR count). The van der Waals surface area contributed by atoms with Crippen LogP contribution in [0.15, 0.2) is 48.5 Å². The second-order valence-electron chi connectivity index (χ2n) is 4.88. The quantitative estimate of drug-likeness (QED) is 0.866. The lowest BCUT2D eigenvalue weighted by Gasteiger charge is -2.21. The van der Waals surface area contributed by atoms with Gasteiger partial charge in [0.1, 0.15) is 0 Å². The summed E-state index contributed by atoms with van der Waals surface area (Å²) < 4.78 is 0. The van der Waals surface area contributed by atoms with Crippen LogP contribution in [0.25, 0.3) is 0 Å². The first-order chi connectivity index (χ1) is 8.58. The van der Waals surface area contributed by atoms with Gasteiger partial charge in [0, 0.05) is 12.1 Å². The van der Waals surface area contributed by atoms with Crippen LogP contribution in [0.2, 0.25) is 0 Å². The Hall–Kier alpha value is -1.64. The smallest absolute Gasteiger partial charge is 0.0491 e. The van der Waals surface area contributed by atoms with Gasteiger partial charge in [-0.1, -0.05) is 59.7 Å². The van der Waals surface area contributed by atoms with Gasteiger partial charge in [-0.05, 0) is 25.0 Å². The number of aryl methyl sites for hydroxylation is 2. The molecule has 0 amide bonds. The zero-order valence-corrected chi connectivity index (χ0v) is 10.9. The van der Waals surface area contributed by atoms with Crippen LogP contribution in [0.3, 0.4) is 0 Å². The van der Waals surface area contributed by atoms with E-state index in [0.29, 0.717) is 0 Å². The summed E-state index contributed by atoms with van der Waals surface area (Å²) >= 11 is 0. The van der Waals surface area contributed by atoms with Gasteiger partial charge in [-0.3, -0.25) is 0 Å². The predicted molar refractivity (Wildman–Crippen MR) is 76.2 cm³/mol. The maximum atomic E-state index is 6.26. The summed E-state index contributed by atoms with van der Waals surface area (Å²) in [6.07, 6.45) is 0. The van der Waals surface area contributed by atoms with E-state index in [1.54, 1.807) is 0 Å². The van der Waals surface area contributed by atoms with Gasteiger partial charge >= 0.3 is 0 Å². The highest BCUT2D eigenvalue weighted by Gasteiger charge is 2.17. The molecule has 0 radical (unpaired) electrons. The Balaban J connectivity index is 2.26. The second kappa shape index (κ2) is 5.34. The van der Waals surface area contributed by atoms with E-state index in [1.807, 2.05) is 24.3 Å². The van der Waals surface area contributed by atoms with Crippen LogP contribution in [0, 0.1) is 13.8 Å². The number of rotatable bonds is 3. The molecule has 18 heavy (non-hydrogen) atoms. The minimum Gasteiger partial charge on any atom is -0.322 e. The Morgan fingerprint density at radius 2 is 1.11 bits per heavy atom. The minimum absolute atomic E-state index is 0.174. The summed E-state index contributed by atoms with van der Waals surface area (Å²) in [5, 5.41) is 0.